The summed E-state index contributed by atoms with van der Waals surface area (Å²) in [5.74, 6) is 2.67. The van der Waals surface area contributed by atoms with Crippen LogP contribution in [0.15, 0.2) is 0 Å². The van der Waals surface area contributed by atoms with Crippen LogP contribution in [0.2, 0.25) is 0 Å². The van der Waals surface area contributed by atoms with Crippen LogP contribution in [0, 0.1) is 35.0 Å². The van der Waals surface area contributed by atoms with Crippen molar-refractivity contribution in [2.45, 2.75) is 50.5 Å². The Balaban J connectivity index is 2.22. The van der Waals surface area contributed by atoms with E-state index in [9.17, 15) is 5.11 Å². The summed E-state index contributed by atoms with van der Waals surface area (Å²) in [5.41, 5.74) is -1.79. The minimum Gasteiger partial charge on any atom is -0.376 e. The van der Waals surface area contributed by atoms with Crippen molar-refractivity contribution in [3.05, 3.63) is 0 Å². The molecule has 2 aliphatic carbocycles. The fourth-order valence-electron chi connectivity index (χ4n) is 2.87. The van der Waals surface area contributed by atoms with Crippen molar-refractivity contribution in [2.24, 2.45) is 11.3 Å². The molecule has 0 heterocycles. The first kappa shape index (κ1) is 10.5. The van der Waals surface area contributed by atoms with Crippen molar-refractivity contribution in [3.63, 3.8) is 0 Å². The quantitative estimate of drug-likeness (QED) is 0.699. The maximum absolute atomic E-state index is 10.6. The van der Waals surface area contributed by atoms with Gasteiger partial charge in [-0.15, -0.1) is 6.42 Å². The van der Waals surface area contributed by atoms with Crippen LogP contribution in [0.1, 0.15) is 44.9 Å². The lowest BCUT2D eigenvalue weighted by Crippen LogP contribution is -2.45. The van der Waals surface area contributed by atoms with Crippen LogP contribution in [0.25, 0.3) is 0 Å². The molecular formula is C13H17NO. The summed E-state index contributed by atoms with van der Waals surface area (Å²) in [6.07, 6.45) is 12.5. The van der Waals surface area contributed by atoms with Gasteiger partial charge in [0, 0.05) is 5.92 Å². The van der Waals surface area contributed by atoms with Crippen molar-refractivity contribution in [3.8, 4) is 18.4 Å². The van der Waals surface area contributed by atoms with Crippen LogP contribution < -0.4 is 0 Å². The predicted octanol–water partition coefficient (Wildman–Crippen LogP) is 2.23. The Hall–Kier alpha value is -0.990. The molecule has 0 bridgehead atoms. The molecule has 2 saturated carbocycles. The third kappa shape index (κ3) is 1.45. The van der Waals surface area contributed by atoms with Crippen molar-refractivity contribution in [1.82, 2.24) is 0 Å². The molecule has 2 rings (SSSR count). The van der Waals surface area contributed by atoms with Crippen molar-refractivity contribution in [1.29, 1.82) is 5.26 Å². The summed E-state index contributed by atoms with van der Waals surface area (Å²) >= 11 is 0. The first-order valence-electron chi connectivity index (χ1n) is 5.80. The van der Waals surface area contributed by atoms with Crippen LogP contribution in [-0.4, -0.2) is 10.7 Å². The molecule has 0 amide bonds. The summed E-state index contributed by atoms with van der Waals surface area (Å²) in [7, 11) is 0. The molecule has 2 heteroatoms. The van der Waals surface area contributed by atoms with E-state index in [1.165, 1.54) is 6.42 Å². The maximum Gasteiger partial charge on any atom is 0.146 e. The standard InChI is InChI=1S/C13H17NO/c1-2-13(15,12(10-14)8-9-12)11-6-4-3-5-7-11/h1,11,15H,3-9H2/t13-/m1/s1. The fourth-order valence-corrected chi connectivity index (χ4v) is 2.87. The van der Waals surface area contributed by atoms with E-state index in [1.54, 1.807) is 0 Å². The number of hydrogen-bond donors (Lipinski definition) is 1. The van der Waals surface area contributed by atoms with Gasteiger partial charge < -0.3 is 5.11 Å². The van der Waals surface area contributed by atoms with E-state index >= 15 is 0 Å². The molecule has 0 aromatic carbocycles. The van der Waals surface area contributed by atoms with Crippen molar-refractivity contribution >= 4 is 0 Å². The summed E-state index contributed by atoms with van der Waals surface area (Å²) < 4.78 is 0. The molecule has 80 valence electrons. The molecule has 2 aliphatic rings. The summed E-state index contributed by atoms with van der Waals surface area (Å²) in [5, 5.41) is 19.7. The smallest absolute Gasteiger partial charge is 0.146 e. The average molecular weight is 203 g/mol. The molecule has 2 fully saturated rings. The van der Waals surface area contributed by atoms with Crippen molar-refractivity contribution < 1.29 is 5.11 Å². The maximum atomic E-state index is 10.6. The van der Waals surface area contributed by atoms with Crippen LogP contribution in [-0.2, 0) is 0 Å². The average Bonchev–Trinajstić information content (AvgIpc) is 3.10. The monoisotopic (exact) mass is 203 g/mol. The van der Waals surface area contributed by atoms with Gasteiger partial charge in [0.15, 0.2) is 0 Å². The first-order chi connectivity index (χ1) is 7.18. The van der Waals surface area contributed by atoms with E-state index in [4.69, 9.17) is 11.7 Å². The number of hydrogen-bond acceptors (Lipinski definition) is 2. The summed E-state index contributed by atoms with van der Waals surface area (Å²) in [4.78, 5) is 0. The third-order valence-corrected chi connectivity index (χ3v) is 4.11. The van der Waals surface area contributed by atoms with Gasteiger partial charge in [-0.2, -0.15) is 5.26 Å². The number of nitrogens with zero attached hydrogens (tertiary/aromatic N) is 1. The summed E-state index contributed by atoms with van der Waals surface area (Å²) in [6, 6.07) is 2.25. The number of nitriles is 1. The third-order valence-electron chi connectivity index (χ3n) is 4.11. The second-order valence-electron chi connectivity index (χ2n) is 4.94. The second-order valence-corrected chi connectivity index (χ2v) is 4.94. The van der Waals surface area contributed by atoms with Crippen LogP contribution in [0.4, 0.5) is 0 Å². The van der Waals surface area contributed by atoms with Gasteiger partial charge in [0.25, 0.3) is 0 Å². The highest BCUT2D eigenvalue weighted by Crippen LogP contribution is 2.58. The highest BCUT2D eigenvalue weighted by atomic mass is 16.3. The highest BCUT2D eigenvalue weighted by Gasteiger charge is 2.62. The second kappa shape index (κ2) is 3.54. The van der Waals surface area contributed by atoms with E-state index < -0.39 is 11.0 Å². The minimum atomic E-state index is -1.16. The molecule has 0 spiro atoms. The van der Waals surface area contributed by atoms with E-state index in [0.717, 1.165) is 38.5 Å². The minimum absolute atomic E-state index is 0.137. The Kier molecular flexibility index (Phi) is 2.49. The molecule has 0 aromatic rings. The SMILES string of the molecule is C#C[C@@](O)(C1CCCCC1)C1(C#N)CC1. The molecule has 0 unspecified atom stereocenters. The lowest BCUT2D eigenvalue weighted by molar-refractivity contribution is -0.0231. The molecular weight excluding hydrogens is 186 g/mol. The highest BCUT2D eigenvalue weighted by molar-refractivity contribution is 5.31. The lowest BCUT2D eigenvalue weighted by Gasteiger charge is -2.37. The Morgan fingerprint density at radius 3 is 2.27 bits per heavy atom. The van der Waals surface area contributed by atoms with Gasteiger partial charge in [-0.25, -0.2) is 0 Å². The number of aliphatic hydroxyl groups is 1. The molecule has 0 aliphatic heterocycles. The topological polar surface area (TPSA) is 44.0 Å². The van der Waals surface area contributed by atoms with E-state index in [0.29, 0.717) is 0 Å². The van der Waals surface area contributed by atoms with E-state index in [1.807, 2.05) is 0 Å². The zero-order chi connectivity index (χ0) is 10.9. The largest absolute Gasteiger partial charge is 0.376 e. The van der Waals surface area contributed by atoms with E-state index in [-0.39, 0.29) is 5.92 Å². The Morgan fingerprint density at radius 1 is 1.27 bits per heavy atom. The first-order valence-corrected chi connectivity index (χ1v) is 5.80. The zero-order valence-corrected chi connectivity index (χ0v) is 9.00. The number of rotatable bonds is 2. The molecule has 0 saturated heterocycles. The lowest BCUT2D eigenvalue weighted by atomic mass is 9.69. The van der Waals surface area contributed by atoms with Gasteiger partial charge in [0.2, 0.25) is 0 Å². The molecule has 0 aromatic heterocycles. The van der Waals surface area contributed by atoms with E-state index in [2.05, 4.69) is 12.0 Å². The molecule has 0 radical (unpaired) electrons. The van der Waals surface area contributed by atoms with Gasteiger partial charge >= 0.3 is 0 Å². The van der Waals surface area contributed by atoms with Gasteiger partial charge in [0.1, 0.15) is 5.60 Å². The fraction of sp³-hybridized carbons (Fsp3) is 0.769. The Labute approximate surface area is 91.3 Å². The Morgan fingerprint density at radius 2 is 1.87 bits per heavy atom. The van der Waals surface area contributed by atoms with Gasteiger partial charge in [-0.05, 0) is 25.7 Å². The van der Waals surface area contributed by atoms with Crippen molar-refractivity contribution in [2.75, 3.05) is 0 Å². The zero-order valence-electron chi connectivity index (χ0n) is 9.00. The summed E-state index contributed by atoms with van der Waals surface area (Å²) in [6.45, 7) is 0. The molecule has 1 atom stereocenters. The number of terminal acetylenes is 1. The normalized spacial score (nSPS) is 28.5. The predicted molar refractivity (Wildman–Crippen MR) is 57.6 cm³/mol. The Bertz CT molecular complexity index is 325. The molecule has 1 N–H and O–H groups in total. The van der Waals surface area contributed by atoms with Gasteiger partial charge in [-0.1, -0.05) is 25.2 Å². The van der Waals surface area contributed by atoms with Gasteiger partial charge in [-0.3, -0.25) is 0 Å². The van der Waals surface area contributed by atoms with Crippen LogP contribution in [0.5, 0.6) is 0 Å². The molecule has 2 nitrogen and oxygen atoms in total. The van der Waals surface area contributed by atoms with Crippen LogP contribution in [0.3, 0.4) is 0 Å². The van der Waals surface area contributed by atoms with Gasteiger partial charge in [0.05, 0.1) is 11.5 Å². The van der Waals surface area contributed by atoms with Crippen LogP contribution >= 0.6 is 0 Å². The molecule has 15 heavy (non-hydrogen) atoms.